The van der Waals surface area contributed by atoms with E-state index in [1.807, 2.05) is 17.8 Å². The minimum atomic E-state index is -0.273. The van der Waals surface area contributed by atoms with Gasteiger partial charge in [-0.05, 0) is 25.7 Å². The maximum atomic E-state index is 10.6. The normalized spacial score (nSPS) is 14.3. The zero-order valence-electron chi connectivity index (χ0n) is 11.1. The molecule has 6 heteroatoms. The average molecular weight is 254 g/mol. The molecule has 0 spiro atoms. The summed E-state index contributed by atoms with van der Waals surface area (Å²) in [6.45, 7) is 5.65. The van der Waals surface area contributed by atoms with Crippen LogP contribution in [0.5, 0.6) is 0 Å². The van der Waals surface area contributed by atoms with Gasteiger partial charge >= 0.3 is 0 Å². The molecule has 0 aromatic carbocycles. The number of nitrogens with two attached hydrogens (primary N) is 1. The molecule has 1 heterocycles. The van der Waals surface area contributed by atoms with Crippen LogP contribution in [0.15, 0.2) is 12.4 Å². The molecule has 1 rings (SSSR count). The van der Waals surface area contributed by atoms with Gasteiger partial charge in [0, 0.05) is 25.8 Å². The Kier molecular flexibility index (Phi) is 6.35. The highest BCUT2D eigenvalue weighted by molar-refractivity contribution is 5.73. The van der Waals surface area contributed by atoms with E-state index in [4.69, 9.17) is 10.5 Å². The van der Waals surface area contributed by atoms with E-state index in [0.29, 0.717) is 25.4 Å². The molecule has 2 N–H and O–H groups in total. The van der Waals surface area contributed by atoms with Crippen molar-refractivity contribution >= 4 is 5.91 Å². The van der Waals surface area contributed by atoms with E-state index < -0.39 is 0 Å². The molecule has 1 aromatic rings. The molecule has 18 heavy (non-hydrogen) atoms. The first-order valence-corrected chi connectivity index (χ1v) is 6.32. The minimum Gasteiger partial charge on any atom is -0.378 e. The van der Waals surface area contributed by atoms with E-state index in [2.05, 4.69) is 17.2 Å². The number of carbonyl (C=O) groups excluding carboxylic acids is 1. The SMILES string of the molecule is CC(CCOC(C)CCC(N)=O)Cn1ccnn1. The Morgan fingerprint density at radius 2 is 2.22 bits per heavy atom. The Bertz CT molecular complexity index is 340. The van der Waals surface area contributed by atoms with Crippen LogP contribution in [0, 0.1) is 5.92 Å². The van der Waals surface area contributed by atoms with Crippen LogP contribution in [-0.2, 0) is 16.1 Å². The van der Waals surface area contributed by atoms with Crippen molar-refractivity contribution in [3.8, 4) is 0 Å². The molecule has 0 bridgehead atoms. The summed E-state index contributed by atoms with van der Waals surface area (Å²) < 4.78 is 7.45. The number of primary amides is 1. The van der Waals surface area contributed by atoms with Crippen LogP contribution in [0.25, 0.3) is 0 Å². The lowest BCUT2D eigenvalue weighted by Crippen LogP contribution is -2.17. The van der Waals surface area contributed by atoms with Crippen molar-refractivity contribution < 1.29 is 9.53 Å². The van der Waals surface area contributed by atoms with Gasteiger partial charge < -0.3 is 10.5 Å². The summed E-state index contributed by atoms with van der Waals surface area (Å²) in [6.07, 6.45) is 5.64. The number of rotatable bonds is 9. The van der Waals surface area contributed by atoms with E-state index in [0.717, 1.165) is 13.0 Å². The lowest BCUT2D eigenvalue weighted by molar-refractivity contribution is -0.118. The third kappa shape index (κ3) is 6.34. The first kappa shape index (κ1) is 14.6. The molecular weight excluding hydrogens is 232 g/mol. The minimum absolute atomic E-state index is 0.0797. The Hall–Kier alpha value is -1.43. The van der Waals surface area contributed by atoms with Gasteiger partial charge in [-0.3, -0.25) is 9.48 Å². The molecule has 0 aliphatic carbocycles. The van der Waals surface area contributed by atoms with Crippen molar-refractivity contribution in [2.45, 2.75) is 45.8 Å². The molecule has 0 aliphatic rings. The van der Waals surface area contributed by atoms with Crippen LogP contribution in [0.3, 0.4) is 0 Å². The Labute approximate surface area is 107 Å². The van der Waals surface area contributed by atoms with E-state index in [9.17, 15) is 4.79 Å². The van der Waals surface area contributed by atoms with Gasteiger partial charge in [0.1, 0.15) is 0 Å². The molecule has 0 saturated heterocycles. The maximum absolute atomic E-state index is 10.6. The van der Waals surface area contributed by atoms with Gasteiger partial charge in [0.25, 0.3) is 0 Å². The summed E-state index contributed by atoms with van der Waals surface area (Å²) in [7, 11) is 0. The molecule has 2 unspecified atom stereocenters. The fourth-order valence-corrected chi connectivity index (χ4v) is 1.64. The smallest absolute Gasteiger partial charge is 0.217 e. The zero-order chi connectivity index (χ0) is 13.4. The van der Waals surface area contributed by atoms with Crippen LogP contribution in [0.1, 0.15) is 33.1 Å². The van der Waals surface area contributed by atoms with E-state index >= 15 is 0 Å². The fraction of sp³-hybridized carbons (Fsp3) is 0.750. The van der Waals surface area contributed by atoms with E-state index in [1.165, 1.54) is 0 Å². The Morgan fingerprint density at radius 1 is 1.44 bits per heavy atom. The molecule has 0 saturated carbocycles. The summed E-state index contributed by atoms with van der Waals surface area (Å²) in [6, 6.07) is 0. The van der Waals surface area contributed by atoms with Crippen molar-refractivity contribution in [3.05, 3.63) is 12.4 Å². The number of ether oxygens (including phenoxy) is 1. The summed E-state index contributed by atoms with van der Waals surface area (Å²) in [5.41, 5.74) is 5.08. The predicted molar refractivity (Wildman–Crippen MR) is 67.6 cm³/mol. The summed E-state index contributed by atoms with van der Waals surface area (Å²) in [5, 5.41) is 7.69. The number of amides is 1. The zero-order valence-corrected chi connectivity index (χ0v) is 11.1. The Morgan fingerprint density at radius 3 is 2.83 bits per heavy atom. The largest absolute Gasteiger partial charge is 0.378 e. The second-order valence-corrected chi connectivity index (χ2v) is 4.71. The molecule has 1 aromatic heterocycles. The molecule has 102 valence electrons. The predicted octanol–water partition coefficient (Wildman–Crippen LogP) is 0.975. The van der Waals surface area contributed by atoms with Gasteiger partial charge in [0.15, 0.2) is 0 Å². The van der Waals surface area contributed by atoms with Crippen molar-refractivity contribution in [3.63, 3.8) is 0 Å². The van der Waals surface area contributed by atoms with E-state index in [-0.39, 0.29) is 12.0 Å². The third-order valence-electron chi connectivity index (χ3n) is 2.78. The third-order valence-corrected chi connectivity index (χ3v) is 2.78. The van der Waals surface area contributed by atoms with Crippen LogP contribution < -0.4 is 5.73 Å². The molecule has 6 nitrogen and oxygen atoms in total. The van der Waals surface area contributed by atoms with Crippen molar-refractivity contribution in [1.82, 2.24) is 15.0 Å². The van der Waals surface area contributed by atoms with Gasteiger partial charge in [-0.25, -0.2) is 0 Å². The second-order valence-electron chi connectivity index (χ2n) is 4.71. The molecule has 0 aliphatic heterocycles. The van der Waals surface area contributed by atoms with Gasteiger partial charge in [0.2, 0.25) is 5.91 Å². The summed E-state index contributed by atoms with van der Waals surface area (Å²) >= 11 is 0. The van der Waals surface area contributed by atoms with Crippen LogP contribution in [0.2, 0.25) is 0 Å². The maximum Gasteiger partial charge on any atom is 0.217 e. The first-order chi connectivity index (χ1) is 8.58. The number of hydrogen-bond acceptors (Lipinski definition) is 4. The monoisotopic (exact) mass is 254 g/mol. The second kappa shape index (κ2) is 7.81. The van der Waals surface area contributed by atoms with Crippen molar-refractivity contribution in [1.29, 1.82) is 0 Å². The summed E-state index contributed by atoms with van der Waals surface area (Å²) in [5.74, 6) is 0.208. The number of aromatic nitrogens is 3. The topological polar surface area (TPSA) is 83.0 Å². The van der Waals surface area contributed by atoms with Gasteiger partial charge in [-0.2, -0.15) is 0 Å². The Balaban J connectivity index is 2.07. The lowest BCUT2D eigenvalue weighted by Gasteiger charge is -2.15. The molecule has 0 fully saturated rings. The molecular formula is C12H22N4O2. The first-order valence-electron chi connectivity index (χ1n) is 6.32. The quantitative estimate of drug-likeness (QED) is 0.712. The fourth-order valence-electron chi connectivity index (χ4n) is 1.64. The number of carbonyl (C=O) groups is 1. The number of nitrogens with zero attached hydrogens (tertiary/aromatic N) is 3. The standard InChI is InChI=1S/C12H22N4O2/c1-10(9-16-7-6-14-15-16)5-8-18-11(2)3-4-12(13)17/h6-7,10-11H,3-5,8-9H2,1-2H3,(H2,13,17). The number of hydrogen-bond donors (Lipinski definition) is 1. The van der Waals surface area contributed by atoms with Crippen LogP contribution >= 0.6 is 0 Å². The molecule has 1 amide bonds. The van der Waals surface area contributed by atoms with Crippen molar-refractivity contribution in [2.75, 3.05) is 6.61 Å². The highest BCUT2D eigenvalue weighted by Crippen LogP contribution is 2.08. The molecule has 0 radical (unpaired) electrons. The van der Waals surface area contributed by atoms with Crippen LogP contribution in [0.4, 0.5) is 0 Å². The van der Waals surface area contributed by atoms with Gasteiger partial charge in [-0.1, -0.05) is 12.1 Å². The highest BCUT2D eigenvalue weighted by atomic mass is 16.5. The molecule has 2 atom stereocenters. The lowest BCUT2D eigenvalue weighted by atomic mass is 10.1. The van der Waals surface area contributed by atoms with Gasteiger partial charge in [0.05, 0.1) is 12.3 Å². The van der Waals surface area contributed by atoms with Crippen molar-refractivity contribution in [2.24, 2.45) is 11.7 Å². The average Bonchev–Trinajstić information content (AvgIpc) is 2.79. The van der Waals surface area contributed by atoms with Crippen LogP contribution in [-0.4, -0.2) is 33.6 Å². The van der Waals surface area contributed by atoms with E-state index in [1.54, 1.807) is 6.20 Å². The highest BCUT2D eigenvalue weighted by Gasteiger charge is 2.07. The summed E-state index contributed by atoms with van der Waals surface area (Å²) in [4.78, 5) is 10.6. The van der Waals surface area contributed by atoms with Gasteiger partial charge in [-0.15, -0.1) is 5.10 Å².